The van der Waals surface area contributed by atoms with Crippen molar-refractivity contribution in [2.45, 2.75) is 13.5 Å². The molecule has 18 heavy (non-hydrogen) atoms. The third-order valence-corrected chi connectivity index (χ3v) is 2.21. The second-order valence-corrected chi connectivity index (χ2v) is 3.43. The summed E-state index contributed by atoms with van der Waals surface area (Å²) in [6.07, 6.45) is 1.37. The number of rotatable bonds is 7. The summed E-state index contributed by atoms with van der Waals surface area (Å²) in [5.41, 5.74) is 0.687. The quantitative estimate of drug-likeness (QED) is 0.696. The number of nitrogens with zero attached hydrogens (tertiary/aromatic N) is 2. The summed E-state index contributed by atoms with van der Waals surface area (Å²) in [6, 6.07) is 0. The van der Waals surface area contributed by atoms with Crippen molar-refractivity contribution in [2.75, 3.05) is 27.3 Å². The highest BCUT2D eigenvalue weighted by atomic mass is 16.5. The molecule has 0 fully saturated rings. The number of carbonyl (C=O) groups is 1. The lowest BCUT2D eigenvalue weighted by Crippen LogP contribution is -2.33. The Kier molecular flexibility index (Phi) is 5.86. The van der Waals surface area contributed by atoms with Crippen LogP contribution in [-0.4, -0.2) is 43.2 Å². The van der Waals surface area contributed by atoms with Crippen LogP contribution >= 0.6 is 0 Å². The highest BCUT2D eigenvalue weighted by molar-refractivity contribution is 5.77. The van der Waals surface area contributed by atoms with E-state index in [9.17, 15) is 4.79 Å². The number of aromatic nitrogens is 2. The van der Waals surface area contributed by atoms with E-state index in [0.29, 0.717) is 30.4 Å². The molecular weight excluding hydrogens is 236 g/mol. The molecule has 0 aliphatic rings. The first kappa shape index (κ1) is 14.2. The van der Waals surface area contributed by atoms with Crippen molar-refractivity contribution in [1.29, 1.82) is 0 Å². The average Bonchev–Trinajstić information content (AvgIpc) is 2.39. The predicted molar refractivity (Wildman–Crippen MR) is 65.5 cm³/mol. The first-order valence-corrected chi connectivity index (χ1v) is 5.62. The zero-order valence-electron chi connectivity index (χ0n) is 10.8. The Morgan fingerprint density at radius 2 is 1.89 bits per heavy atom. The fourth-order valence-corrected chi connectivity index (χ4v) is 1.44. The van der Waals surface area contributed by atoms with Crippen LogP contribution in [0.5, 0.6) is 11.8 Å². The number of nitrogens with one attached hydrogen (secondary N) is 2. The summed E-state index contributed by atoms with van der Waals surface area (Å²) >= 11 is 0. The van der Waals surface area contributed by atoms with Crippen molar-refractivity contribution < 1.29 is 14.3 Å². The lowest BCUT2D eigenvalue weighted by Gasteiger charge is -2.11. The summed E-state index contributed by atoms with van der Waals surface area (Å²) in [4.78, 5) is 19.2. The maximum absolute atomic E-state index is 11.3. The Morgan fingerprint density at radius 1 is 1.28 bits per heavy atom. The van der Waals surface area contributed by atoms with Crippen molar-refractivity contribution in [3.63, 3.8) is 0 Å². The molecule has 0 bridgehead atoms. The molecule has 1 aromatic rings. The van der Waals surface area contributed by atoms with Gasteiger partial charge in [-0.25, -0.2) is 9.97 Å². The molecule has 1 amide bonds. The van der Waals surface area contributed by atoms with Crippen LogP contribution in [0.2, 0.25) is 0 Å². The van der Waals surface area contributed by atoms with Gasteiger partial charge in [0.15, 0.2) is 0 Å². The number of likely N-dealkylation sites (N-methyl/N-ethyl adjacent to an activating group) is 1. The van der Waals surface area contributed by atoms with Crippen LogP contribution < -0.4 is 20.1 Å². The van der Waals surface area contributed by atoms with Crippen molar-refractivity contribution in [3.05, 3.63) is 11.9 Å². The Morgan fingerprint density at radius 3 is 2.39 bits per heavy atom. The number of hydrogen-bond donors (Lipinski definition) is 2. The van der Waals surface area contributed by atoms with Crippen LogP contribution in [0.4, 0.5) is 0 Å². The predicted octanol–water partition coefficient (Wildman–Crippen LogP) is -0.280. The first-order valence-electron chi connectivity index (χ1n) is 5.62. The molecule has 0 atom stereocenters. The third kappa shape index (κ3) is 3.85. The van der Waals surface area contributed by atoms with E-state index >= 15 is 0 Å². The van der Waals surface area contributed by atoms with Crippen molar-refractivity contribution in [3.8, 4) is 11.8 Å². The van der Waals surface area contributed by atoms with Crippen LogP contribution in [-0.2, 0) is 11.3 Å². The minimum Gasteiger partial charge on any atom is -0.481 e. The summed E-state index contributed by atoms with van der Waals surface area (Å²) in [5.74, 6) is 0.808. The van der Waals surface area contributed by atoms with Gasteiger partial charge in [0, 0.05) is 13.1 Å². The Labute approximate surface area is 106 Å². The van der Waals surface area contributed by atoms with Crippen LogP contribution in [0.1, 0.15) is 12.5 Å². The summed E-state index contributed by atoms with van der Waals surface area (Å²) in [5, 5.41) is 5.68. The van der Waals surface area contributed by atoms with Crippen molar-refractivity contribution >= 4 is 5.91 Å². The second kappa shape index (κ2) is 7.44. The van der Waals surface area contributed by atoms with Gasteiger partial charge in [-0.1, -0.05) is 0 Å². The van der Waals surface area contributed by atoms with Gasteiger partial charge in [0.25, 0.3) is 0 Å². The van der Waals surface area contributed by atoms with E-state index in [1.165, 1.54) is 20.5 Å². The minimum atomic E-state index is -0.0627. The average molecular weight is 254 g/mol. The van der Waals surface area contributed by atoms with Gasteiger partial charge in [-0.05, 0) is 6.92 Å². The van der Waals surface area contributed by atoms with Crippen molar-refractivity contribution in [2.24, 2.45) is 0 Å². The molecule has 1 rings (SSSR count). The number of methoxy groups -OCH3 is 2. The lowest BCUT2D eigenvalue weighted by molar-refractivity contribution is -0.120. The number of hydrogen-bond acceptors (Lipinski definition) is 6. The van der Waals surface area contributed by atoms with Gasteiger partial charge in [0.05, 0.1) is 26.3 Å². The van der Waals surface area contributed by atoms with Crippen LogP contribution in [0.15, 0.2) is 6.33 Å². The third-order valence-electron chi connectivity index (χ3n) is 2.21. The second-order valence-electron chi connectivity index (χ2n) is 3.43. The number of ether oxygens (including phenoxy) is 2. The standard InChI is InChI=1S/C11H18N4O3/c1-4-13-9(16)6-12-5-8-10(17-2)14-7-15-11(8)18-3/h7,12H,4-6H2,1-3H3,(H,13,16). The van der Waals surface area contributed by atoms with Crippen molar-refractivity contribution in [1.82, 2.24) is 20.6 Å². The summed E-state index contributed by atoms with van der Waals surface area (Å²) in [6.45, 7) is 3.09. The van der Waals surface area contributed by atoms with Gasteiger partial charge in [0.2, 0.25) is 17.7 Å². The van der Waals surface area contributed by atoms with Gasteiger partial charge in [0.1, 0.15) is 6.33 Å². The Bertz CT molecular complexity index is 376. The highest BCUT2D eigenvalue weighted by Gasteiger charge is 2.12. The Balaban J connectivity index is 2.62. The molecular formula is C11H18N4O3. The molecule has 0 aromatic carbocycles. The lowest BCUT2D eigenvalue weighted by atomic mass is 10.3. The fourth-order valence-electron chi connectivity index (χ4n) is 1.44. The molecule has 0 aliphatic carbocycles. The molecule has 0 spiro atoms. The Hall–Kier alpha value is -1.89. The molecule has 7 nitrogen and oxygen atoms in total. The van der Waals surface area contributed by atoms with E-state index in [0.717, 1.165) is 0 Å². The normalized spacial score (nSPS) is 9.94. The van der Waals surface area contributed by atoms with Gasteiger partial charge in [-0.2, -0.15) is 0 Å². The fraction of sp³-hybridized carbons (Fsp3) is 0.545. The zero-order valence-corrected chi connectivity index (χ0v) is 10.8. The largest absolute Gasteiger partial charge is 0.481 e. The SMILES string of the molecule is CCNC(=O)CNCc1c(OC)ncnc1OC. The van der Waals surface area contributed by atoms with E-state index in [1.54, 1.807) is 0 Å². The van der Waals surface area contributed by atoms with Crippen LogP contribution in [0.25, 0.3) is 0 Å². The molecule has 2 N–H and O–H groups in total. The molecule has 100 valence electrons. The van der Waals surface area contributed by atoms with Crippen LogP contribution in [0.3, 0.4) is 0 Å². The van der Waals surface area contributed by atoms with E-state index < -0.39 is 0 Å². The molecule has 0 unspecified atom stereocenters. The summed E-state index contributed by atoms with van der Waals surface area (Å²) in [7, 11) is 3.05. The van der Waals surface area contributed by atoms with Crippen LogP contribution in [0, 0.1) is 0 Å². The topological polar surface area (TPSA) is 85.4 Å². The number of carbonyl (C=O) groups excluding carboxylic acids is 1. The molecule has 0 radical (unpaired) electrons. The minimum absolute atomic E-state index is 0.0627. The van der Waals surface area contributed by atoms with E-state index in [2.05, 4.69) is 20.6 Å². The molecule has 1 heterocycles. The van der Waals surface area contributed by atoms with E-state index in [1.807, 2.05) is 6.92 Å². The van der Waals surface area contributed by atoms with Gasteiger partial charge in [-0.15, -0.1) is 0 Å². The smallest absolute Gasteiger partial charge is 0.233 e. The molecule has 0 saturated heterocycles. The molecule has 1 aromatic heterocycles. The van der Waals surface area contributed by atoms with E-state index in [4.69, 9.17) is 9.47 Å². The molecule has 0 aliphatic heterocycles. The van der Waals surface area contributed by atoms with Gasteiger partial charge >= 0.3 is 0 Å². The first-order chi connectivity index (χ1) is 8.72. The zero-order chi connectivity index (χ0) is 13.4. The maximum atomic E-state index is 11.3. The highest BCUT2D eigenvalue weighted by Crippen LogP contribution is 2.22. The van der Waals surface area contributed by atoms with Gasteiger partial charge in [-0.3, -0.25) is 4.79 Å². The molecule has 7 heteroatoms. The summed E-state index contributed by atoms with van der Waals surface area (Å²) < 4.78 is 10.2. The number of amides is 1. The molecule has 0 saturated carbocycles. The maximum Gasteiger partial charge on any atom is 0.233 e. The van der Waals surface area contributed by atoms with Gasteiger partial charge < -0.3 is 20.1 Å². The van der Waals surface area contributed by atoms with E-state index in [-0.39, 0.29) is 12.5 Å². The monoisotopic (exact) mass is 254 g/mol.